The molecule has 142 valence electrons. The fourth-order valence-corrected chi connectivity index (χ4v) is 4.31. The zero-order valence-electron chi connectivity index (χ0n) is 15.8. The van der Waals surface area contributed by atoms with Crippen molar-refractivity contribution in [2.45, 2.75) is 64.3 Å². The molecule has 1 aromatic rings. The molecule has 0 spiro atoms. The molecular weight excluding hydrogens is 342 g/mol. The van der Waals surface area contributed by atoms with E-state index in [1.54, 1.807) is 0 Å². The number of hydrogen-bond acceptors (Lipinski definition) is 2. The summed E-state index contributed by atoms with van der Waals surface area (Å²) in [7, 11) is 0. The number of benzene rings is 1. The average Bonchev–Trinajstić information content (AvgIpc) is 2.69. The fourth-order valence-electron chi connectivity index (χ4n) is 4.03. The molecule has 1 aliphatic carbocycles. The number of nitrogens with zero attached hydrogens (tertiary/aromatic N) is 1. The zero-order valence-corrected chi connectivity index (χ0v) is 16.6. The third-order valence-electron chi connectivity index (χ3n) is 5.72. The summed E-state index contributed by atoms with van der Waals surface area (Å²) < 4.78 is 0. The van der Waals surface area contributed by atoms with Crippen molar-refractivity contribution in [2.75, 3.05) is 18.4 Å². The van der Waals surface area contributed by atoms with Gasteiger partial charge in [0.05, 0.1) is 0 Å². The van der Waals surface area contributed by atoms with E-state index in [9.17, 15) is 4.79 Å². The van der Waals surface area contributed by atoms with Gasteiger partial charge in [-0.05, 0) is 62.0 Å². The molecule has 0 unspecified atom stereocenters. The van der Waals surface area contributed by atoms with Crippen LogP contribution < -0.4 is 10.6 Å². The predicted molar refractivity (Wildman–Crippen MR) is 111 cm³/mol. The Balaban J connectivity index is 1.41. The molecule has 1 amide bonds. The van der Waals surface area contributed by atoms with Crippen molar-refractivity contribution in [3.63, 3.8) is 0 Å². The number of nitrogens with one attached hydrogen (secondary N) is 2. The molecule has 2 aliphatic rings. The summed E-state index contributed by atoms with van der Waals surface area (Å²) in [5.41, 5.74) is 2.34. The third kappa shape index (κ3) is 5.19. The van der Waals surface area contributed by atoms with Crippen LogP contribution in [0.3, 0.4) is 0 Å². The molecule has 0 bridgehead atoms. The number of hydrogen-bond donors (Lipinski definition) is 2. The normalized spacial score (nSPS) is 19.2. The SMILES string of the molecule is CCc1ccc(NC(=S)NC2CCN(C(=O)C3CCCCC3)CC2)cc1. The quantitative estimate of drug-likeness (QED) is 0.780. The first-order valence-corrected chi connectivity index (χ1v) is 10.5. The summed E-state index contributed by atoms with van der Waals surface area (Å²) >= 11 is 5.46. The number of amides is 1. The van der Waals surface area contributed by atoms with Crippen molar-refractivity contribution < 1.29 is 4.79 Å². The van der Waals surface area contributed by atoms with E-state index in [4.69, 9.17) is 12.2 Å². The van der Waals surface area contributed by atoms with E-state index < -0.39 is 0 Å². The van der Waals surface area contributed by atoms with Crippen molar-refractivity contribution in [2.24, 2.45) is 5.92 Å². The van der Waals surface area contributed by atoms with Gasteiger partial charge in [0.15, 0.2) is 5.11 Å². The van der Waals surface area contributed by atoms with Crippen molar-refractivity contribution in [3.8, 4) is 0 Å². The smallest absolute Gasteiger partial charge is 0.225 e. The van der Waals surface area contributed by atoms with Gasteiger partial charge in [-0.15, -0.1) is 0 Å². The van der Waals surface area contributed by atoms with E-state index in [1.165, 1.54) is 24.8 Å². The maximum Gasteiger partial charge on any atom is 0.225 e. The van der Waals surface area contributed by atoms with E-state index >= 15 is 0 Å². The Bertz CT molecular complexity index is 602. The largest absolute Gasteiger partial charge is 0.360 e. The molecule has 1 aromatic carbocycles. The highest BCUT2D eigenvalue weighted by molar-refractivity contribution is 7.80. The van der Waals surface area contributed by atoms with E-state index in [0.29, 0.717) is 17.1 Å². The van der Waals surface area contributed by atoms with Crippen LogP contribution in [-0.2, 0) is 11.2 Å². The first-order chi connectivity index (χ1) is 12.7. The van der Waals surface area contributed by atoms with Gasteiger partial charge in [0.2, 0.25) is 5.91 Å². The summed E-state index contributed by atoms with van der Waals surface area (Å²) in [6.07, 6.45) is 8.87. The third-order valence-corrected chi connectivity index (χ3v) is 5.94. The van der Waals surface area contributed by atoms with Gasteiger partial charge in [-0.1, -0.05) is 38.3 Å². The number of rotatable bonds is 4. The van der Waals surface area contributed by atoms with Crippen molar-refractivity contribution >= 4 is 28.9 Å². The average molecular weight is 374 g/mol. The lowest BCUT2D eigenvalue weighted by atomic mass is 9.87. The van der Waals surface area contributed by atoms with E-state index in [0.717, 1.165) is 50.9 Å². The molecule has 1 aliphatic heterocycles. The number of thiocarbonyl (C=S) groups is 1. The van der Waals surface area contributed by atoms with Crippen LogP contribution in [0.2, 0.25) is 0 Å². The molecule has 0 radical (unpaired) electrons. The van der Waals surface area contributed by atoms with Crippen LogP contribution in [0.4, 0.5) is 5.69 Å². The summed E-state index contributed by atoms with van der Waals surface area (Å²) in [5, 5.41) is 7.36. The highest BCUT2D eigenvalue weighted by atomic mass is 32.1. The number of carbonyl (C=O) groups is 1. The van der Waals surface area contributed by atoms with Gasteiger partial charge in [-0.2, -0.15) is 0 Å². The standard InChI is InChI=1S/C21H31N3OS/c1-2-16-8-10-18(11-9-16)22-21(26)23-19-12-14-24(15-13-19)20(25)17-6-4-3-5-7-17/h8-11,17,19H,2-7,12-15H2,1H3,(H2,22,23,26). The molecule has 5 heteroatoms. The number of carbonyl (C=O) groups excluding carboxylic acids is 1. The Hall–Kier alpha value is -1.62. The van der Waals surface area contributed by atoms with Crippen molar-refractivity contribution in [1.82, 2.24) is 10.2 Å². The molecule has 0 aromatic heterocycles. The summed E-state index contributed by atoms with van der Waals surface area (Å²) in [6.45, 7) is 3.85. The van der Waals surface area contributed by atoms with Crippen LogP contribution in [0.15, 0.2) is 24.3 Å². The molecule has 0 atom stereocenters. The maximum atomic E-state index is 12.6. The molecule has 1 saturated heterocycles. The Labute approximate surface area is 162 Å². The van der Waals surface area contributed by atoms with Gasteiger partial charge in [0, 0.05) is 30.7 Å². The minimum atomic E-state index is 0.280. The number of anilines is 1. The van der Waals surface area contributed by atoms with E-state index in [-0.39, 0.29) is 5.92 Å². The fraction of sp³-hybridized carbons (Fsp3) is 0.619. The second-order valence-corrected chi connectivity index (χ2v) is 7.99. The van der Waals surface area contributed by atoms with E-state index in [2.05, 4.69) is 46.7 Å². The van der Waals surface area contributed by atoms with E-state index in [1.807, 2.05) is 0 Å². The van der Waals surface area contributed by atoms with Gasteiger partial charge in [-0.3, -0.25) is 4.79 Å². The molecule has 1 heterocycles. The maximum absolute atomic E-state index is 12.6. The Morgan fingerprint density at radius 2 is 1.73 bits per heavy atom. The number of likely N-dealkylation sites (tertiary alicyclic amines) is 1. The van der Waals surface area contributed by atoms with Gasteiger partial charge in [-0.25, -0.2) is 0 Å². The van der Waals surface area contributed by atoms with Gasteiger partial charge in [0.25, 0.3) is 0 Å². The predicted octanol–water partition coefficient (Wildman–Crippen LogP) is 4.11. The van der Waals surface area contributed by atoms with Crippen LogP contribution in [-0.4, -0.2) is 35.1 Å². The Morgan fingerprint density at radius 3 is 2.35 bits per heavy atom. The molecule has 1 saturated carbocycles. The minimum Gasteiger partial charge on any atom is -0.360 e. The van der Waals surface area contributed by atoms with Gasteiger partial charge < -0.3 is 15.5 Å². The van der Waals surface area contributed by atoms with Crippen LogP contribution in [0, 0.1) is 5.92 Å². The number of piperidine rings is 1. The Kier molecular flexibility index (Phi) is 6.89. The lowest BCUT2D eigenvalue weighted by molar-refractivity contribution is -0.137. The summed E-state index contributed by atoms with van der Waals surface area (Å²) in [4.78, 5) is 14.7. The van der Waals surface area contributed by atoms with Crippen molar-refractivity contribution in [1.29, 1.82) is 0 Å². The van der Waals surface area contributed by atoms with Gasteiger partial charge >= 0.3 is 0 Å². The van der Waals surface area contributed by atoms with Crippen LogP contribution in [0.5, 0.6) is 0 Å². The molecule has 3 rings (SSSR count). The topological polar surface area (TPSA) is 44.4 Å². The first-order valence-electron chi connectivity index (χ1n) is 10.1. The second kappa shape index (κ2) is 9.36. The number of aryl methyl sites for hydroxylation is 1. The van der Waals surface area contributed by atoms with Crippen LogP contribution in [0.25, 0.3) is 0 Å². The van der Waals surface area contributed by atoms with Gasteiger partial charge in [0.1, 0.15) is 0 Å². The molecular formula is C21H31N3OS. The molecule has 2 fully saturated rings. The van der Waals surface area contributed by atoms with Crippen LogP contribution in [0.1, 0.15) is 57.4 Å². The van der Waals surface area contributed by atoms with Crippen molar-refractivity contribution in [3.05, 3.63) is 29.8 Å². The molecule has 2 N–H and O–H groups in total. The summed E-state index contributed by atoms with van der Waals surface area (Å²) in [6, 6.07) is 8.73. The second-order valence-electron chi connectivity index (χ2n) is 7.58. The first kappa shape index (κ1) is 19.2. The molecule has 26 heavy (non-hydrogen) atoms. The minimum absolute atomic E-state index is 0.280. The Morgan fingerprint density at radius 1 is 1.08 bits per heavy atom. The highest BCUT2D eigenvalue weighted by Crippen LogP contribution is 2.26. The monoisotopic (exact) mass is 373 g/mol. The lowest BCUT2D eigenvalue weighted by Crippen LogP contribution is -2.49. The summed E-state index contributed by atoms with van der Waals surface area (Å²) in [5.74, 6) is 0.668. The highest BCUT2D eigenvalue weighted by Gasteiger charge is 2.29. The lowest BCUT2D eigenvalue weighted by Gasteiger charge is -2.35. The molecule has 4 nitrogen and oxygen atoms in total. The zero-order chi connectivity index (χ0) is 18.4. The van der Waals surface area contributed by atoms with Crippen LogP contribution >= 0.6 is 12.2 Å².